The molecule has 0 aromatic rings. The monoisotopic (exact) mass is 253 g/mol. The van der Waals surface area contributed by atoms with Gasteiger partial charge in [0.25, 0.3) is 0 Å². The summed E-state index contributed by atoms with van der Waals surface area (Å²) < 4.78 is 5.58. The fraction of sp³-hybridized carbons (Fsp3) is 0.857. The third-order valence-corrected chi connectivity index (χ3v) is 3.91. The van der Waals surface area contributed by atoms with Crippen LogP contribution >= 0.6 is 0 Å². The number of esters is 1. The van der Waals surface area contributed by atoms with Crippen molar-refractivity contribution in [1.82, 2.24) is 5.32 Å². The van der Waals surface area contributed by atoms with Crippen molar-refractivity contribution < 1.29 is 14.3 Å². The van der Waals surface area contributed by atoms with Gasteiger partial charge in [0.15, 0.2) is 0 Å². The van der Waals surface area contributed by atoms with Gasteiger partial charge >= 0.3 is 5.97 Å². The second kappa shape index (κ2) is 4.90. The molecule has 0 unspecified atom stereocenters. The van der Waals surface area contributed by atoms with Crippen molar-refractivity contribution in [3.8, 4) is 0 Å². The summed E-state index contributed by atoms with van der Waals surface area (Å²) in [6, 6.07) is -0.419. The fourth-order valence-corrected chi connectivity index (χ4v) is 3.39. The van der Waals surface area contributed by atoms with Gasteiger partial charge in [-0.1, -0.05) is 20.8 Å². The third kappa shape index (κ3) is 3.24. The van der Waals surface area contributed by atoms with E-state index in [0.29, 0.717) is 18.8 Å². The number of nitrogens with one attached hydrogen (secondary N) is 1. The zero-order valence-corrected chi connectivity index (χ0v) is 11.5. The van der Waals surface area contributed by atoms with Crippen LogP contribution in [0.5, 0.6) is 0 Å². The Kier molecular flexibility index (Phi) is 3.64. The number of amides is 1. The van der Waals surface area contributed by atoms with Crippen molar-refractivity contribution >= 4 is 11.9 Å². The van der Waals surface area contributed by atoms with Crippen molar-refractivity contribution in [2.75, 3.05) is 0 Å². The molecule has 1 N–H and O–H groups in total. The van der Waals surface area contributed by atoms with E-state index < -0.39 is 6.04 Å². The third-order valence-electron chi connectivity index (χ3n) is 3.91. The predicted octanol–water partition coefficient (Wildman–Crippen LogP) is 2.02. The SMILES string of the molecule is C[C@@H]1C[C@@H](OC(=O)[C@@H]2CCC(=O)N2)CC(C)(C)C1. The molecule has 4 heteroatoms. The largest absolute Gasteiger partial charge is 0.461 e. The number of hydrogen-bond acceptors (Lipinski definition) is 3. The summed E-state index contributed by atoms with van der Waals surface area (Å²) in [6.07, 6.45) is 4.06. The Bertz CT molecular complexity index is 351. The normalized spacial score (nSPS) is 35.1. The first-order chi connectivity index (χ1) is 8.35. The molecule has 1 heterocycles. The quantitative estimate of drug-likeness (QED) is 0.766. The second-order valence-electron chi connectivity index (χ2n) is 6.63. The molecule has 3 atom stereocenters. The van der Waals surface area contributed by atoms with Gasteiger partial charge in [-0.25, -0.2) is 4.79 Å². The molecule has 0 spiro atoms. The summed E-state index contributed by atoms with van der Waals surface area (Å²) in [4.78, 5) is 23.0. The second-order valence-corrected chi connectivity index (χ2v) is 6.63. The van der Waals surface area contributed by atoms with E-state index >= 15 is 0 Å². The van der Waals surface area contributed by atoms with E-state index in [4.69, 9.17) is 4.74 Å². The Morgan fingerprint density at radius 3 is 2.67 bits per heavy atom. The molecular weight excluding hydrogens is 230 g/mol. The molecular formula is C14H23NO3. The maximum atomic E-state index is 11.9. The van der Waals surface area contributed by atoms with Gasteiger partial charge in [-0.3, -0.25) is 4.79 Å². The molecule has 2 rings (SSSR count). The highest BCUT2D eigenvalue weighted by Crippen LogP contribution is 2.39. The zero-order valence-electron chi connectivity index (χ0n) is 11.5. The van der Waals surface area contributed by atoms with Crippen LogP contribution in [0.3, 0.4) is 0 Å². The van der Waals surface area contributed by atoms with Crippen molar-refractivity contribution in [2.45, 2.75) is 65.0 Å². The van der Waals surface area contributed by atoms with Crippen LogP contribution in [0.25, 0.3) is 0 Å². The van der Waals surface area contributed by atoms with Gasteiger partial charge in [-0.2, -0.15) is 0 Å². The van der Waals surface area contributed by atoms with Gasteiger partial charge in [0, 0.05) is 6.42 Å². The summed E-state index contributed by atoms with van der Waals surface area (Å²) in [5.74, 6) is 0.287. The van der Waals surface area contributed by atoms with E-state index in [-0.39, 0.29) is 23.4 Å². The van der Waals surface area contributed by atoms with Crippen molar-refractivity contribution in [2.24, 2.45) is 11.3 Å². The minimum Gasteiger partial charge on any atom is -0.461 e. The van der Waals surface area contributed by atoms with Crippen molar-refractivity contribution in [3.05, 3.63) is 0 Å². The van der Waals surface area contributed by atoms with Crippen LogP contribution in [0.4, 0.5) is 0 Å². The first-order valence-corrected chi connectivity index (χ1v) is 6.85. The molecule has 0 radical (unpaired) electrons. The van der Waals surface area contributed by atoms with Crippen LogP contribution in [0.1, 0.15) is 52.9 Å². The van der Waals surface area contributed by atoms with E-state index in [1.54, 1.807) is 0 Å². The lowest BCUT2D eigenvalue weighted by atomic mass is 9.71. The molecule has 1 aliphatic carbocycles. The number of carbonyl (C=O) groups is 2. The zero-order chi connectivity index (χ0) is 13.3. The Morgan fingerprint density at radius 1 is 1.39 bits per heavy atom. The minimum atomic E-state index is -0.419. The molecule has 0 aromatic heterocycles. The molecule has 18 heavy (non-hydrogen) atoms. The molecule has 102 valence electrons. The topological polar surface area (TPSA) is 55.4 Å². The lowest BCUT2D eigenvalue weighted by molar-refractivity contribution is -0.156. The molecule has 1 amide bonds. The average Bonchev–Trinajstić information content (AvgIpc) is 2.61. The first kappa shape index (κ1) is 13.4. The molecule has 1 saturated heterocycles. The highest BCUT2D eigenvalue weighted by atomic mass is 16.5. The molecule has 2 aliphatic rings. The summed E-state index contributed by atoms with van der Waals surface area (Å²) in [5.41, 5.74) is 0.238. The summed E-state index contributed by atoms with van der Waals surface area (Å²) in [6.45, 7) is 6.65. The van der Waals surface area contributed by atoms with Gasteiger partial charge in [0.1, 0.15) is 12.1 Å². The maximum Gasteiger partial charge on any atom is 0.328 e. The Balaban J connectivity index is 1.89. The highest BCUT2D eigenvalue weighted by molar-refractivity contribution is 5.88. The highest BCUT2D eigenvalue weighted by Gasteiger charge is 2.36. The van der Waals surface area contributed by atoms with E-state index in [9.17, 15) is 9.59 Å². The molecule has 0 aromatic carbocycles. The van der Waals surface area contributed by atoms with Crippen LogP contribution < -0.4 is 5.32 Å². The van der Waals surface area contributed by atoms with Gasteiger partial charge < -0.3 is 10.1 Å². The standard InChI is InChI=1S/C14H23NO3/c1-9-6-10(8-14(2,3)7-9)18-13(17)11-4-5-12(16)15-11/h9-11H,4-8H2,1-3H3,(H,15,16)/t9-,10-,11+/m1/s1. The van der Waals surface area contributed by atoms with Crippen LogP contribution in [0.15, 0.2) is 0 Å². The number of rotatable bonds is 2. The number of hydrogen-bond donors (Lipinski definition) is 1. The first-order valence-electron chi connectivity index (χ1n) is 6.85. The van der Waals surface area contributed by atoms with Gasteiger partial charge in [0.2, 0.25) is 5.91 Å². The van der Waals surface area contributed by atoms with Crippen LogP contribution in [0, 0.1) is 11.3 Å². The van der Waals surface area contributed by atoms with E-state index in [1.807, 2.05) is 0 Å². The summed E-state index contributed by atoms with van der Waals surface area (Å²) >= 11 is 0. The van der Waals surface area contributed by atoms with Crippen molar-refractivity contribution in [3.63, 3.8) is 0 Å². The average molecular weight is 253 g/mol. The summed E-state index contributed by atoms with van der Waals surface area (Å²) in [5, 5.41) is 2.66. The smallest absolute Gasteiger partial charge is 0.328 e. The van der Waals surface area contributed by atoms with Crippen LogP contribution in [-0.2, 0) is 14.3 Å². The van der Waals surface area contributed by atoms with Crippen LogP contribution in [-0.4, -0.2) is 24.0 Å². The molecule has 2 fully saturated rings. The molecule has 1 aliphatic heterocycles. The maximum absolute atomic E-state index is 11.9. The molecule has 0 bridgehead atoms. The number of ether oxygens (including phenoxy) is 1. The lowest BCUT2D eigenvalue weighted by Gasteiger charge is -2.38. The van der Waals surface area contributed by atoms with E-state index in [0.717, 1.165) is 12.8 Å². The van der Waals surface area contributed by atoms with Gasteiger partial charge in [0.05, 0.1) is 0 Å². The molecule has 4 nitrogen and oxygen atoms in total. The summed E-state index contributed by atoms with van der Waals surface area (Å²) in [7, 11) is 0. The fourth-order valence-electron chi connectivity index (χ4n) is 3.39. The lowest BCUT2D eigenvalue weighted by Crippen LogP contribution is -2.40. The van der Waals surface area contributed by atoms with Gasteiger partial charge in [-0.15, -0.1) is 0 Å². The number of carbonyl (C=O) groups excluding carboxylic acids is 2. The Labute approximate surface area is 108 Å². The molecule has 1 saturated carbocycles. The Morgan fingerprint density at radius 2 is 2.11 bits per heavy atom. The van der Waals surface area contributed by atoms with Crippen molar-refractivity contribution in [1.29, 1.82) is 0 Å². The van der Waals surface area contributed by atoms with Gasteiger partial charge in [-0.05, 0) is 37.0 Å². The Hall–Kier alpha value is -1.06. The van der Waals surface area contributed by atoms with E-state index in [2.05, 4.69) is 26.1 Å². The minimum absolute atomic E-state index is 0.00810. The van der Waals surface area contributed by atoms with Crippen LogP contribution in [0.2, 0.25) is 0 Å². The van der Waals surface area contributed by atoms with E-state index in [1.165, 1.54) is 6.42 Å². The predicted molar refractivity (Wildman–Crippen MR) is 67.8 cm³/mol.